The van der Waals surface area contributed by atoms with E-state index in [0.29, 0.717) is 11.4 Å². The van der Waals surface area contributed by atoms with Crippen LogP contribution in [0.3, 0.4) is 0 Å². The molecule has 3 N–H and O–H groups in total. The summed E-state index contributed by atoms with van der Waals surface area (Å²) in [5.74, 6) is 0. The summed E-state index contributed by atoms with van der Waals surface area (Å²) in [6, 6.07) is 3.61. The number of rotatable bonds is 6. The third-order valence-corrected chi connectivity index (χ3v) is 5.91. The predicted molar refractivity (Wildman–Crippen MR) is 83.1 cm³/mol. The van der Waals surface area contributed by atoms with Gasteiger partial charge in [0, 0.05) is 12.1 Å². The number of hydrogen-bond donors (Lipinski definition) is 2. The van der Waals surface area contributed by atoms with Crippen molar-refractivity contribution in [3.05, 3.63) is 28.8 Å². The molecule has 0 bridgehead atoms. The first kappa shape index (κ1) is 17.1. The Kier molecular flexibility index (Phi) is 5.35. The summed E-state index contributed by atoms with van der Waals surface area (Å²) in [4.78, 5) is 0.339. The summed E-state index contributed by atoms with van der Waals surface area (Å²) in [7, 11) is -3.53. The highest BCUT2D eigenvalue weighted by Crippen LogP contribution is 2.24. The van der Waals surface area contributed by atoms with E-state index in [0.717, 1.165) is 29.5 Å². The van der Waals surface area contributed by atoms with E-state index in [9.17, 15) is 8.42 Å². The average molecular weight is 298 g/mol. The van der Waals surface area contributed by atoms with Gasteiger partial charge in [-0.25, -0.2) is 13.1 Å². The van der Waals surface area contributed by atoms with Gasteiger partial charge < -0.3 is 5.73 Å². The third kappa shape index (κ3) is 3.59. The van der Waals surface area contributed by atoms with E-state index in [1.54, 1.807) is 6.07 Å². The van der Waals surface area contributed by atoms with Gasteiger partial charge in [-0.3, -0.25) is 0 Å². The normalized spacial score (nSPS) is 12.7. The van der Waals surface area contributed by atoms with Crippen LogP contribution in [0.25, 0.3) is 0 Å². The largest absolute Gasteiger partial charge is 0.326 e. The molecule has 0 aromatic heterocycles. The van der Waals surface area contributed by atoms with Gasteiger partial charge in [-0.2, -0.15) is 0 Å². The number of nitrogens with two attached hydrogens (primary N) is 1. The van der Waals surface area contributed by atoms with Gasteiger partial charge in [0.15, 0.2) is 0 Å². The van der Waals surface area contributed by atoms with Gasteiger partial charge in [0.2, 0.25) is 10.0 Å². The SMILES string of the molecule is CCC(C)(CC)NS(=O)(=O)c1cc(CN)cc(C)c1C. The molecule has 0 aliphatic heterocycles. The van der Waals surface area contributed by atoms with E-state index in [2.05, 4.69) is 4.72 Å². The highest BCUT2D eigenvalue weighted by molar-refractivity contribution is 7.89. The number of nitrogens with one attached hydrogen (secondary N) is 1. The molecule has 20 heavy (non-hydrogen) atoms. The quantitative estimate of drug-likeness (QED) is 0.848. The lowest BCUT2D eigenvalue weighted by Crippen LogP contribution is -2.45. The molecule has 0 spiro atoms. The van der Waals surface area contributed by atoms with Crippen molar-refractivity contribution in [2.45, 2.75) is 64.4 Å². The lowest BCUT2D eigenvalue weighted by molar-refractivity contribution is 0.388. The number of hydrogen-bond acceptors (Lipinski definition) is 3. The summed E-state index contributed by atoms with van der Waals surface area (Å²) in [6.45, 7) is 9.98. The standard InChI is InChI=1S/C15H26N2O2S/c1-6-15(5,7-2)17-20(18,19)14-9-13(10-16)8-11(3)12(14)4/h8-9,17H,6-7,10,16H2,1-5H3. The molecular weight excluding hydrogens is 272 g/mol. The summed E-state index contributed by atoms with van der Waals surface area (Å²) >= 11 is 0. The third-order valence-electron chi connectivity index (χ3n) is 4.15. The van der Waals surface area contributed by atoms with Crippen molar-refractivity contribution in [1.29, 1.82) is 0 Å². The molecule has 0 fully saturated rings. The molecule has 0 saturated heterocycles. The minimum Gasteiger partial charge on any atom is -0.326 e. The minimum absolute atomic E-state index is 0.336. The van der Waals surface area contributed by atoms with E-state index in [1.165, 1.54) is 0 Å². The smallest absolute Gasteiger partial charge is 0.241 e. The molecule has 0 radical (unpaired) electrons. The van der Waals surface area contributed by atoms with Crippen molar-refractivity contribution < 1.29 is 8.42 Å². The summed E-state index contributed by atoms with van der Waals surface area (Å²) in [5.41, 5.74) is 7.79. The first-order valence-corrected chi connectivity index (χ1v) is 8.51. The van der Waals surface area contributed by atoms with E-state index < -0.39 is 15.6 Å². The maximum atomic E-state index is 12.7. The van der Waals surface area contributed by atoms with E-state index in [4.69, 9.17) is 5.73 Å². The second-order valence-electron chi connectivity index (χ2n) is 5.61. The van der Waals surface area contributed by atoms with Crippen LogP contribution in [0.5, 0.6) is 0 Å². The molecular formula is C15H26N2O2S. The van der Waals surface area contributed by atoms with Crippen LogP contribution in [0.2, 0.25) is 0 Å². The summed E-state index contributed by atoms with van der Waals surface area (Å²) in [6.07, 6.45) is 1.49. The summed E-state index contributed by atoms with van der Waals surface area (Å²) < 4.78 is 28.1. The second kappa shape index (κ2) is 6.24. The molecule has 0 heterocycles. The topological polar surface area (TPSA) is 72.2 Å². The van der Waals surface area contributed by atoms with Crippen molar-refractivity contribution >= 4 is 10.0 Å². The first-order valence-electron chi connectivity index (χ1n) is 7.03. The van der Waals surface area contributed by atoms with Crippen LogP contribution in [0.15, 0.2) is 17.0 Å². The van der Waals surface area contributed by atoms with E-state index >= 15 is 0 Å². The fourth-order valence-electron chi connectivity index (χ4n) is 2.07. The lowest BCUT2D eigenvalue weighted by atomic mass is 9.98. The zero-order chi connectivity index (χ0) is 15.6. The highest BCUT2D eigenvalue weighted by atomic mass is 32.2. The van der Waals surface area contributed by atoms with Gasteiger partial charge in [-0.15, -0.1) is 0 Å². The van der Waals surface area contributed by atoms with Crippen molar-refractivity contribution in [3.63, 3.8) is 0 Å². The Hall–Kier alpha value is -0.910. The second-order valence-corrected chi connectivity index (χ2v) is 7.26. The fraction of sp³-hybridized carbons (Fsp3) is 0.600. The van der Waals surface area contributed by atoms with Crippen LogP contribution in [0, 0.1) is 13.8 Å². The molecule has 0 atom stereocenters. The molecule has 0 aliphatic rings. The average Bonchev–Trinajstić information content (AvgIpc) is 2.40. The van der Waals surface area contributed by atoms with Crippen LogP contribution in [0.4, 0.5) is 0 Å². The zero-order valence-electron chi connectivity index (χ0n) is 13.1. The molecule has 1 aromatic carbocycles. The Morgan fingerprint density at radius 3 is 2.20 bits per heavy atom. The lowest BCUT2D eigenvalue weighted by Gasteiger charge is -2.28. The van der Waals surface area contributed by atoms with Crippen LogP contribution in [-0.2, 0) is 16.6 Å². The molecule has 114 valence electrons. The Morgan fingerprint density at radius 2 is 1.75 bits per heavy atom. The summed E-state index contributed by atoms with van der Waals surface area (Å²) in [5, 5.41) is 0. The van der Waals surface area contributed by atoms with Crippen molar-refractivity contribution in [3.8, 4) is 0 Å². The van der Waals surface area contributed by atoms with Crippen molar-refractivity contribution in [2.75, 3.05) is 0 Å². The van der Waals surface area contributed by atoms with Gasteiger partial charge in [0.1, 0.15) is 0 Å². The van der Waals surface area contributed by atoms with Gasteiger partial charge in [0.05, 0.1) is 4.90 Å². The Labute approximate surface area is 122 Å². The molecule has 0 amide bonds. The van der Waals surface area contributed by atoms with Crippen molar-refractivity contribution in [2.24, 2.45) is 5.73 Å². The predicted octanol–water partition coefficient (Wildman–Crippen LogP) is 2.62. The Balaban J connectivity index is 3.32. The highest BCUT2D eigenvalue weighted by Gasteiger charge is 2.28. The van der Waals surface area contributed by atoms with Gasteiger partial charge >= 0.3 is 0 Å². The Morgan fingerprint density at radius 1 is 1.20 bits per heavy atom. The Bertz CT molecular complexity index is 576. The molecule has 0 aliphatic carbocycles. The van der Waals surface area contributed by atoms with Gasteiger partial charge in [-0.1, -0.05) is 19.9 Å². The van der Waals surface area contributed by atoms with Gasteiger partial charge in [-0.05, 0) is 56.4 Å². The van der Waals surface area contributed by atoms with Crippen LogP contribution >= 0.6 is 0 Å². The molecule has 1 rings (SSSR count). The molecule has 5 heteroatoms. The van der Waals surface area contributed by atoms with Gasteiger partial charge in [0.25, 0.3) is 0 Å². The molecule has 4 nitrogen and oxygen atoms in total. The number of sulfonamides is 1. The van der Waals surface area contributed by atoms with Crippen LogP contribution in [-0.4, -0.2) is 14.0 Å². The van der Waals surface area contributed by atoms with E-state index in [1.807, 2.05) is 40.7 Å². The van der Waals surface area contributed by atoms with Crippen LogP contribution < -0.4 is 10.5 Å². The number of benzene rings is 1. The van der Waals surface area contributed by atoms with Crippen LogP contribution in [0.1, 0.15) is 50.3 Å². The maximum absolute atomic E-state index is 12.7. The molecule has 0 unspecified atom stereocenters. The monoisotopic (exact) mass is 298 g/mol. The molecule has 1 aromatic rings. The van der Waals surface area contributed by atoms with Crippen molar-refractivity contribution in [1.82, 2.24) is 4.72 Å². The molecule has 0 saturated carbocycles. The zero-order valence-corrected chi connectivity index (χ0v) is 13.9. The maximum Gasteiger partial charge on any atom is 0.241 e. The minimum atomic E-state index is -3.53. The fourth-order valence-corrected chi connectivity index (χ4v) is 3.99. The number of aryl methyl sites for hydroxylation is 1. The van der Waals surface area contributed by atoms with E-state index in [-0.39, 0.29) is 0 Å². The first-order chi connectivity index (χ1) is 9.19.